The number of ether oxygens (including phenoxy) is 1. The standard InChI is InChI=1S/C16H13ClF2O2/c1-10(21-15-4-2-3-12(17)8-15)16(20)7-11-5-13(18)9-14(19)6-11/h2-6,8-10H,7H2,1H3. The minimum atomic E-state index is -0.741. The van der Waals surface area contributed by atoms with Crippen molar-refractivity contribution in [1.82, 2.24) is 0 Å². The molecule has 1 atom stereocenters. The predicted molar refractivity (Wildman–Crippen MR) is 76.6 cm³/mol. The largest absolute Gasteiger partial charge is 0.483 e. The molecule has 2 aromatic carbocycles. The van der Waals surface area contributed by atoms with Crippen LogP contribution < -0.4 is 4.74 Å². The highest BCUT2D eigenvalue weighted by Crippen LogP contribution is 2.19. The van der Waals surface area contributed by atoms with Crippen molar-refractivity contribution in [3.63, 3.8) is 0 Å². The van der Waals surface area contributed by atoms with Crippen LogP contribution in [0.1, 0.15) is 12.5 Å². The molecule has 0 amide bonds. The molecule has 1 unspecified atom stereocenters. The molecular weight excluding hydrogens is 298 g/mol. The lowest BCUT2D eigenvalue weighted by atomic mass is 10.1. The minimum Gasteiger partial charge on any atom is -0.483 e. The Kier molecular flexibility index (Phi) is 4.91. The Balaban J connectivity index is 2.02. The van der Waals surface area contributed by atoms with E-state index in [2.05, 4.69) is 0 Å². The third-order valence-electron chi connectivity index (χ3n) is 2.86. The van der Waals surface area contributed by atoms with Gasteiger partial charge in [0.25, 0.3) is 0 Å². The first-order valence-corrected chi connectivity index (χ1v) is 6.72. The van der Waals surface area contributed by atoms with Gasteiger partial charge in [-0.05, 0) is 42.8 Å². The zero-order chi connectivity index (χ0) is 15.4. The molecule has 21 heavy (non-hydrogen) atoms. The van der Waals surface area contributed by atoms with E-state index in [0.717, 1.165) is 18.2 Å². The van der Waals surface area contributed by atoms with Crippen molar-refractivity contribution in [2.24, 2.45) is 0 Å². The lowest BCUT2D eigenvalue weighted by Gasteiger charge is -2.14. The summed E-state index contributed by atoms with van der Waals surface area (Å²) in [6.45, 7) is 1.58. The van der Waals surface area contributed by atoms with E-state index in [4.69, 9.17) is 16.3 Å². The number of halogens is 3. The van der Waals surface area contributed by atoms with E-state index in [1.807, 2.05) is 0 Å². The maximum Gasteiger partial charge on any atom is 0.177 e. The molecule has 2 aromatic rings. The van der Waals surface area contributed by atoms with Gasteiger partial charge in [-0.1, -0.05) is 17.7 Å². The van der Waals surface area contributed by atoms with Gasteiger partial charge in [0.15, 0.2) is 11.9 Å². The molecule has 0 saturated carbocycles. The summed E-state index contributed by atoms with van der Waals surface area (Å²) in [6.07, 6.45) is -0.842. The molecule has 0 aromatic heterocycles. The van der Waals surface area contributed by atoms with Crippen molar-refractivity contribution < 1.29 is 18.3 Å². The fourth-order valence-corrected chi connectivity index (χ4v) is 2.05. The highest BCUT2D eigenvalue weighted by atomic mass is 35.5. The highest BCUT2D eigenvalue weighted by Gasteiger charge is 2.16. The second-order valence-corrected chi connectivity index (χ2v) is 5.07. The van der Waals surface area contributed by atoms with Crippen LogP contribution in [0.4, 0.5) is 8.78 Å². The number of benzene rings is 2. The van der Waals surface area contributed by atoms with Crippen LogP contribution in [0.3, 0.4) is 0 Å². The van der Waals surface area contributed by atoms with Crippen LogP contribution >= 0.6 is 11.6 Å². The van der Waals surface area contributed by atoms with Crippen LogP contribution in [0.25, 0.3) is 0 Å². The van der Waals surface area contributed by atoms with Crippen molar-refractivity contribution in [3.8, 4) is 5.75 Å². The summed E-state index contributed by atoms with van der Waals surface area (Å²) >= 11 is 5.82. The smallest absolute Gasteiger partial charge is 0.177 e. The van der Waals surface area contributed by atoms with Crippen molar-refractivity contribution >= 4 is 17.4 Å². The van der Waals surface area contributed by atoms with Crippen molar-refractivity contribution in [2.75, 3.05) is 0 Å². The summed E-state index contributed by atoms with van der Waals surface area (Å²) in [4.78, 5) is 12.0. The van der Waals surface area contributed by atoms with Crippen LogP contribution in [-0.2, 0) is 11.2 Å². The summed E-state index contributed by atoms with van der Waals surface area (Å²) in [5.41, 5.74) is 0.277. The Bertz CT molecular complexity index is 638. The van der Waals surface area contributed by atoms with E-state index < -0.39 is 17.7 Å². The molecule has 0 spiro atoms. The summed E-state index contributed by atoms with van der Waals surface area (Å²) in [7, 11) is 0. The Labute approximate surface area is 126 Å². The molecule has 0 N–H and O–H groups in total. The third kappa shape index (κ3) is 4.53. The molecule has 2 rings (SSSR count). The molecule has 2 nitrogen and oxygen atoms in total. The predicted octanol–water partition coefficient (Wildman–Crippen LogP) is 4.20. The third-order valence-corrected chi connectivity index (χ3v) is 3.10. The first-order chi connectivity index (χ1) is 9.94. The first-order valence-electron chi connectivity index (χ1n) is 6.34. The maximum absolute atomic E-state index is 13.1. The number of rotatable bonds is 5. The van der Waals surface area contributed by atoms with E-state index in [0.29, 0.717) is 10.8 Å². The van der Waals surface area contributed by atoms with Crippen LogP contribution in [0.5, 0.6) is 5.75 Å². The van der Waals surface area contributed by atoms with Gasteiger partial charge < -0.3 is 4.74 Å². The van der Waals surface area contributed by atoms with Gasteiger partial charge in [-0.2, -0.15) is 0 Å². The molecule has 0 saturated heterocycles. The Hall–Kier alpha value is -1.94. The van der Waals surface area contributed by atoms with Crippen molar-refractivity contribution in [1.29, 1.82) is 0 Å². The monoisotopic (exact) mass is 310 g/mol. The number of hydrogen-bond acceptors (Lipinski definition) is 2. The van der Waals surface area contributed by atoms with Gasteiger partial charge in [0.1, 0.15) is 17.4 Å². The molecule has 0 bridgehead atoms. The van der Waals surface area contributed by atoms with Crippen molar-refractivity contribution in [2.45, 2.75) is 19.4 Å². The van der Waals surface area contributed by atoms with Crippen LogP contribution in [0, 0.1) is 11.6 Å². The van der Waals surface area contributed by atoms with Gasteiger partial charge >= 0.3 is 0 Å². The number of Topliss-reactive ketones (excluding diaryl/α,β-unsaturated/α-hetero) is 1. The summed E-state index contributed by atoms with van der Waals surface area (Å²) in [5, 5.41) is 0.499. The number of hydrogen-bond donors (Lipinski definition) is 0. The second kappa shape index (κ2) is 6.68. The fraction of sp³-hybridized carbons (Fsp3) is 0.188. The zero-order valence-corrected chi connectivity index (χ0v) is 12.0. The molecule has 0 fully saturated rings. The number of carbonyl (C=O) groups excluding carboxylic acids is 1. The van der Waals surface area contributed by atoms with E-state index in [-0.39, 0.29) is 17.8 Å². The number of carbonyl (C=O) groups is 1. The van der Waals surface area contributed by atoms with Gasteiger partial charge in [0.05, 0.1) is 0 Å². The zero-order valence-electron chi connectivity index (χ0n) is 11.3. The number of ketones is 1. The minimum absolute atomic E-state index is 0.101. The van der Waals surface area contributed by atoms with Gasteiger partial charge in [-0.25, -0.2) is 8.78 Å². The van der Waals surface area contributed by atoms with Crippen molar-refractivity contribution in [3.05, 3.63) is 64.7 Å². The first kappa shape index (κ1) is 15.4. The lowest BCUT2D eigenvalue weighted by molar-refractivity contribution is -0.124. The average molecular weight is 311 g/mol. The normalized spacial score (nSPS) is 12.0. The van der Waals surface area contributed by atoms with Gasteiger partial charge in [0.2, 0.25) is 0 Å². The van der Waals surface area contributed by atoms with Gasteiger partial charge in [-0.15, -0.1) is 0 Å². The lowest BCUT2D eigenvalue weighted by Crippen LogP contribution is -2.25. The topological polar surface area (TPSA) is 26.3 Å². The van der Waals surface area contributed by atoms with Crippen LogP contribution in [-0.4, -0.2) is 11.9 Å². The molecule has 0 aliphatic rings. The van der Waals surface area contributed by atoms with E-state index in [9.17, 15) is 13.6 Å². The van der Waals surface area contributed by atoms with E-state index >= 15 is 0 Å². The summed E-state index contributed by atoms with van der Waals surface area (Å²) < 4.78 is 31.6. The molecule has 0 aliphatic carbocycles. The second-order valence-electron chi connectivity index (χ2n) is 4.64. The molecule has 5 heteroatoms. The molecule has 0 radical (unpaired) electrons. The Morgan fingerprint density at radius 1 is 1.19 bits per heavy atom. The average Bonchev–Trinajstić information content (AvgIpc) is 2.37. The van der Waals surface area contributed by atoms with Crippen LogP contribution in [0.2, 0.25) is 5.02 Å². The Morgan fingerprint density at radius 3 is 2.48 bits per heavy atom. The van der Waals surface area contributed by atoms with Crippen LogP contribution in [0.15, 0.2) is 42.5 Å². The summed E-state index contributed by atoms with van der Waals surface area (Å²) in [5.74, 6) is -1.23. The molecule has 110 valence electrons. The van der Waals surface area contributed by atoms with E-state index in [1.54, 1.807) is 31.2 Å². The van der Waals surface area contributed by atoms with E-state index in [1.165, 1.54) is 0 Å². The quantitative estimate of drug-likeness (QED) is 0.827. The molecular formula is C16H13ClF2O2. The summed E-state index contributed by atoms with van der Waals surface area (Å²) in [6, 6.07) is 9.69. The van der Waals surface area contributed by atoms with Gasteiger partial charge in [0, 0.05) is 17.5 Å². The molecule has 0 heterocycles. The Morgan fingerprint density at radius 2 is 1.86 bits per heavy atom. The highest BCUT2D eigenvalue weighted by molar-refractivity contribution is 6.30. The molecule has 0 aliphatic heterocycles. The van der Waals surface area contributed by atoms with Gasteiger partial charge in [-0.3, -0.25) is 4.79 Å². The fourth-order valence-electron chi connectivity index (χ4n) is 1.87. The maximum atomic E-state index is 13.1. The SMILES string of the molecule is CC(Oc1cccc(Cl)c1)C(=O)Cc1cc(F)cc(F)c1.